The van der Waals surface area contributed by atoms with E-state index in [9.17, 15) is 0 Å². The Hall–Kier alpha value is -1.36. The molecule has 2 rings (SSSR count). The third kappa shape index (κ3) is 0.894. The van der Waals surface area contributed by atoms with Crippen molar-refractivity contribution in [2.75, 3.05) is 0 Å². The highest BCUT2D eigenvalue weighted by Gasteiger charge is 2.01. The zero-order valence-electron chi connectivity index (χ0n) is 5.48. The molecule has 0 spiro atoms. The number of hydrogen-bond acceptors (Lipinski definition) is 5. The van der Waals surface area contributed by atoms with Crippen molar-refractivity contribution in [3.63, 3.8) is 0 Å². The van der Waals surface area contributed by atoms with Gasteiger partial charge in [0.1, 0.15) is 6.33 Å². The molecule has 1 N–H and O–H groups in total. The van der Waals surface area contributed by atoms with E-state index in [2.05, 4.69) is 15.1 Å². The van der Waals surface area contributed by atoms with E-state index in [1.807, 2.05) is 11.4 Å². The van der Waals surface area contributed by atoms with Crippen molar-refractivity contribution in [2.24, 2.45) is 5.11 Å². The minimum Gasteiger partial charge on any atom is -0.235 e. The predicted molar refractivity (Wildman–Crippen MR) is 42.2 cm³/mol. The standard InChI is InChI=1S/C6H4N4S/c7-10-6-5-4(1-2-11-5)8-3-9-6/h1-3,7H. The zero-order chi connectivity index (χ0) is 7.68. The van der Waals surface area contributed by atoms with Gasteiger partial charge in [-0.2, -0.15) is 0 Å². The Morgan fingerprint density at radius 1 is 1.45 bits per heavy atom. The van der Waals surface area contributed by atoms with Gasteiger partial charge in [0, 0.05) is 0 Å². The van der Waals surface area contributed by atoms with Crippen molar-refractivity contribution in [2.45, 2.75) is 0 Å². The van der Waals surface area contributed by atoms with Gasteiger partial charge in [-0.15, -0.1) is 16.5 Å². The average molecular weight is 164 g/mol. The molecule has 0 aliphatic heterocycles. The van der Waals surface area contributed by atoms with E-state index in [4.69, 9.17) is 5.53 Å². The van der Waals surface area contributed by atoms with Crippen LogP contribution >= 0.6 is 11.3 Å². The van der Waals surface area contributed by atoms with Crippen molar-refractivity contribution in [1.29, 1.82) is 5.53 Å². The van der Waals surface area contributed by atoms with Crippen molar-refractivity contribution >= 4 is 27.4 Å². The number of hydrogen-bond donors (Lipinski definition) is 1. The van der Waals surface area contributed by atoms with Gasteiger partial charge in [-0.25, -0.2) is 15.5 Å². The highest BCUT2D eigenvalue weighted by Crippen LogP contribution is 2.26. The van der Waals surface area contributed by atoms with Crippen LogP contribution in [0.1, 0.15) is 0 Å². The summed E-state index contributed by atoms with van der Waals surface area (Å²) in [4.78, 5) is 7.85. The normalized spacial score (nSPS) is 10.2. The monoisotopic (exact) mass is 164 g/mol. The molecule has 2 aromatic rings. The molecule has 2 heterocycles. The summed E-state index contributed by atoms with van der Waals surface area (Å²) in [5.41, 5.74) is 7.66. The molecule has 4 nitrogen and oxygen atoms in total. The Morgan fingerprint density at radius 3 is 3.18 bits per heavy atom. The van der Waals surface area contributed by atoms with E-state index in [-0.39, 0.29) is 0 Å². The molecule has 11 heavy (non-hydrogen) atoms. The van der Waals surface area contributed by atoms with Gasteiger partial charge in [0.2, 0.25) is 0 Å². The van der Waals surface area contributed by atoms with Gasteiger partial charge in [-0.3, -0.25) is 0 Å². The molecule has 0 bridgehead atoms. The average Bonchev–Trinajstić information content (AvgIpc) is 2.50. The van der Waals surface area contributed by atoms with Gasteiger partial charge in [0.25, 0.3) is 0 Å². The van der Waals surface area contributed by atoms with Gasteiger partial charge in [0.15, 0.2) is 5.82 Å². The smallest absolute Gasteiger partial charge is 0.194 e. The first-order valence-corrected chi connectivity index (χ1v) is 3.85. The molecule has 0 unspecified atom stereocenters. The van der Waals surface area contributed by atoms with Crippen LogP contribution in [-0.4, -0.2) is 9.97 Å². The molecular weight excluding hydrogens is 160 g/mol. The summed E-state index contributed by atoms with van der Waals surface area (Å²) in [5.74, 6) is 0.449. The first-order valence-electron chi connectivity index (χ1n) is 2.97. The van der Waals surface area contributed by atoms with Gasteiger partial charge in [-0.1, -0.05) is 0 Å². The van der Waals surface area contributed by atoms with Crippen LogP contribution in [0.5, 0.6) is 0 Å². The molecule has 0 aliphatic rings. The van der Waals surface area contributed by atoms with Crippen LogP contribution in [0, 0.1) is 5.53 Å². The summed E-state index contributed by atoms with van der Waals surface area (Å²) in [7, 11) is 0. The number of fused-ring (bicyclic) bond motifs is 1. The topological polar surface area (TPSA) is 62.0 Å². The molecule has 0 amide bonds. The maximum Gasteiger partial charge on any atom is 0.194 e. The van der Waals surface area contributed by atoms with Crippen molar-refractivity contribution in [3.8, 4) is 0 Å². The highest BCUT2D eigenvalue weighted by molar-refractivity contribution is 7.17. The molecule has 0 saturated heterocycles. The molecule has 0 fully saturated rings. The molecule has 0 atom stereocenters. The summed E-state index contributed by atoms with van der Waals surface area (Å²) in [6.45, 7) is 0. The van der Waals surface area contributed by atoms with Gasteiger partial charge < -0.3 is 0 Å². The second kappa shape index (κ2) is 2.35. The van der Waals surface area contributed by atoms with Crippen LogP contribution < -0.4 is 0 Å². The van der Waals surface area contributed by atoms with Gasteiger partial charge in [-0.05, 0) is 11.4 Å². The Bertz CT molecular complexity index is 394. The zero-order valence-corrected chi connectivity index (χ0v) is 6.30. The lowest BCUT2D eigenvalue weighted by atomic mass is 10.4. The van der Waals surface area contributed by atoms with Crippen molar-refractivity contribution in [1.82, 2.24) is 9.97 Å². The van der Waals surface area contributed by atoms with Crippen LogP contribution in [0.4, 0.5) is 5.82 Å². The Morgan fingerprint density at radius 2 is 2.36 bits per heavy atom. The Labute approximate surface area is 66.4 Å². The molecule has 0 saturated carbocycles. The predicted octanol–water partition coefficient (Wildman–Crippen LogP) is 2.35. The van der Waals surface area contributed by atoms with Crippen LogP contribution in [-0.2, 0) is 0 Å². The van der Waals surface area contributed by atoms with Crippen LogP contribution in [0.15, 0.2) is 22.9 Å². The van der Waals surface area contributed by atoms with Crippen LogP contribution in [0.3, 0.4) is 0 Å². The first-order chi connectivity index (χ1) is 5.42. The minimum atomic E-state index is 0.449. The van der Waals surface area contributed by atoms with Crippen molar-refractivity contribution < 1.29 is 0 Å². The molecule has 0 aromatic carbocycles. The van der Waals surface area contributed by atoms with E-state index in [1.54, 1.807) is 0 Å². The largest absolute Gasteiger partial charge is 0.235 e. The lowest BCUT2D eigenvalue weighted by Gasteiger charge is -1.89. The SMILES string of the molecule is N=Nc1ncnc2ccsc12. The Kier molecular flexibility index (Phi) is 1.36. The third-order valence-corrected chi connectivity index (χ3v) is 2.23. The fraction of sp³-hybridized carbons (Fsp3) is 0. The molecular formula is C6H4N4S. The van der Waals surface area contributed by atoms with E-state index >= 15 is 0 Å². The lowest BCUT2D eigenvalue weighted by Crippen LogP contribution is -1.76. The summed E-state index contributed by atoms with van der Waals surface area (Å²) in [5, 5.41) is 5.19. The Balaban J connectivity index is 2.88. The van der Waals surface area contributed by atoms with E-state index in [0.29, 0.717) is 5.82 Å². The molecule has 0 aliphatic carbocycles. The van der Waals surface area contributed by atoms with E-state index in [0.717, 1.165) is 10.2 Å². The summed E-state index contributed by atoms with van der Waals surface area (Å²) >= 11 is 1.50. The van der Waals surface area contributed by atoms with E-state index < -0.39 is 0 Å². The van der Waals surface area contributed by atoms with E-state index in [1.165, 1.54) is 17.7 Å². The maximum absolute atomic E-state index is 6.81. The van der Waals surface area contributed by atoms with Crippen molar-refractivity contribution in [3.05, 3.63) is 17.8 Å². The van der Waals surface area contributed by atoms with Gasteiger partial charge >= 0.3 is 0 Å². The molecule has 2 aromatic heterocycles. The van der Waals surface area contributed by atoms with Crippen LogP contribution in [0.2, 0.25) is 0 Å². The number of nitrogens with zero attached hydrogens (tertiary/aromatic N) is 3. The number of thiophene rings is 1. The van der Waals surface area contributed by atoms with Crippen LogP contribution in [0.25, 0.3) is 10.2 Å². The third-order valence-electron chi connectivity index (χ3n) is 1.33. The fourth-order valence-electron chi connectivity index (χ4n) is 0.856. The summed E-state index contributed by atoms with van der Waals surface area (Å²) in [6, 6.07) is 1.89. The fourth-order valence-corrected chi connectivity index (χ4v) is 1.63. The first kappa shape index (κ1) is 6.36. The summed E-state index contributed by atoms with van der Waals surface area (Å²) in [6.07, 6.45) is 1.42. The molecule has 0 radical (unpaired) electrons. The maximum atomic E-state index is 6.81. The lowest BCUT2D eigenvalue weighted by molar-refractivity contribution is 1.09. The minimum absolute atomic E-state index is 0.449. The van der Waals surface area contributed by atoms with Gasteiger partial charge in [0.05, 0.1) is 10.2 Å². The molecule has 54 valence electrons. The second-order valence-electron chi connectivity index (χ2n) is 1.94. The highest BCUT2D eigenvalue weighted by atomic mass is 32.1. The molecule has 5 heteroatoms. The number of aromatic nitrogens is 2. The number of rotatable bonds is 1. The quantitative estimate of drug-likeness (QED) is 0.657. The second-order valence-corrected chi connectivity index (χ2v) is 2.86. The summed E-state index contributed by atoms with van der Waals surface area (Å²) < 4.78 is 0.877. The number of nitrogens with one attached hydrogen (secondary N) is 1.